The molecule has 5 heteroatoms. The summed E-state index contributed by atoms with van der Waals surface area (Å²) in [5, 5.41) is 0. The van der Waals surface area contributed by atoms with Gasteiger partial charge in [-0.3, -0.25) is 9.98 Å². The van der Waals surface area contributed by atoms with Crippen LogP contribution >= 0.6 is 0 Å². The van der Waals surface area contributed by atoms with Crippen molar-refractivity contribution in [1.29, 1.82) is 0 Å². The van der Waals surface area contributed by atoms with Crippen molar-refractivity contribution in [3.05, 3.63) is 120 Å². The molecule has 0 saturated carbocycles. The Morgan fingerprint density at radius 3 is 1.19 bits per heavy atom. The minimum atomic E-state index is -0.272. The van der Waals surface area contributed by atoms with E-state index in [-0.39, 0.29) is 11.6 Å². The van der Waals surface area contributed by atoms with Crippen molar-refractivity contribution >= 4 is 23.8 Å². The zero-order valence-electron chi connectivity index (χ0n) is 16.5. The molecule has 0 unspecified atom stereocenters. The number of hydrogen-bond donors (Lipinski definition) is 0. The van der Waals surface area contributed by atoms with Gasteiger partial charge in [0.2, 0.25) is 0 Å². The van der Waals surface area contributed by atoms with E-state index in [1.54, 1.807) is 36.7 Å². The fraction of sp³-hybridized carbons (Fsp3) is 0. The van der Waals surface area contributed by atoms with Crippen LogP contribution in [0.25, 0.3) is 0 Å². The lowest BCUT2D eigenvalue weighted by Gasteiger charge is -2.06. The van der Waals surface area contributed by atoms with Crippen LogP contribution in [0.5, 0.6) is 11.5 Å². The van der Waals surface area contributed by atoms with Crippen LogP contribution in [-0.4, -0.2) is 12.4 Å². The number of hydrogen-bond acceptors (Lipinski definition) is 3. The van der Waals surface area contributed by atoms with Crippen molar-refractivity contribution in [3.63, 3.8) is 0 Å². The molecule has 0 heterocycles. The van der Waals surface area contributed by atoms with Crippen LogP contribution < -0.4 is 4.74 Å². The number of halogens is 2. The van der Waals surface area contributed by atoms with E-state index in [9.17, 15) is 8.78 Å². The molecular formula is C26H18F2N2O. The molecule has 0 atom stereocenters. The van der Waals surface area contributed by atoms with Gasteiger partial charge in [0, 0.05) is 12.4 Å². The number of benzene rings is 4. The summed E-state index contributed by atoms with van der Waals surface area (Å²) in [5.41, 5.74) is 3.18. The van der Waals surface area contributed by atoms with Crippen LogP contribution in [0, 0.1) is 11.6 Å². The predicted octanol–water partition coefficient (Wildman–Crippen LogP) is 7.26. The summed E-state index contributed by atoms with van der Waals surface area (Å²) >= 11 is 0. The van der Waals surface area contributed by atoms with Crippen LogP contribution in [0.3, 0.4) is 0 Å². The molecule has 3 nitrogen and oxygen atoms in total. The van der Waals surface area contributed by atoms with E-state index in [2.05, 4.69) is 9.98 Å². The van der Waals surface area contributed by atoms with Gasteiger partial charge in [-0.2, -0.15) is 0 Å². The Balaban J connectivity index is 1.35. The van der Waals surface area contributed by atoms with Gasteiger partial charge < -0.3 is 4.74 Å². The van der Waals surface area contributed by atoms with Crippen LogP contribution in [-0.2, 0) is 0 Å². The SMILES string of the molecule is Fc1ccc(C=Nc2ccc(Oc3ccc(N=Cc4ccc(F)cc4)cc3)cc2)cc1. The predicted molar refractivity (Wildman–Crippen MR) is 120 cm³/mol. The summed E-state index contributed by atoms with van der Waals surface area (Å²) in [6.45, 7) is 0. The van der Waals surface area contributed by atoms with E-state index in [0.717, 1.165) is 22.5 Å². The van der Waals surface area contributed by atoms with Gasteiger partial charge in [0.25, 0.3) is 0 Å². The van der Waals surface area contributed by atoms with E-state index >= 15 is 0 Å². The number of rotatable bonds is 6. The molecule has 0 aliphatic rings. The summed E-state index contributed by atoms with van der Waals surface area (Å²) in [6, 6.07) is 27.0. The Labute approximate surface area is 179 Å². The topological polar surface area (TPSA) is 34.0 Å². The van der Waals surface area contributed by atoms with Gasteiger partial charge in [0.05, 0.1) is 11.4 Å². The molecule has 0 aliphatic heterocycles. The first-order chi connectivity index (χ1) is 15.1. The lowest BCUT2D eigenvalue weighted by atomic mass is 10.2. The van der Waals surface area contributed by atoms with Gasteiger partial charge in [-0.25, -0.2) is 8.78 Å². The molecule has 4 aromatic rings. The molecule has 0 aliphatic carbocycles. The van der Waals surface area contributed by atoms with Crippen LogP contribution in [0.1, 0.15) is 11.1 Å². The quantitative estimate of drug-likeness (QED) is 0.307. The molecule has 0 fully saturated rings. The summed E-state index contributed by atoms with van der Waals surface area (Å²) in [7, 11) is 0. The minimum absolute atomic E-state index is 0.272. The van der Waals surface area contributed by atoms with Crippen LogP contribution in [0.4, 0.5) is 20.2 Å². The third-order valence-electron chi connectivity index (χ3n) is 4.37. The molecule has 4 rings (SSSR count). The van der Waals surface area contributed by atoms with E-state index < -0.39 is 0 Å². The van der Waals surface area contributed by atoms with Crippen molar-refractivity contribution in [1.82, 2.24) is 0 Å². The molecular weight excluding hydrogens is 394 g/mol. The van der Waals surface area contributed by atoms with Crippen molar-refractivity contribution in [3.8, 4) is 11.5 Å². The maximum Gasteiger partial charge on any atom is 0.127 e. The van der Waals surface area contributed by atoms with Crippen molar-refractivity contribution in [2.24, 2.45) is 9.98 Å². The Morgan fingerprint density at radius 2 is 0.839 bits per heavy atom. The maximum absolute atomic E-state index is 12.9. The second kappa shape index (κ2) is 9.59. The Kier molecular flexibility index (Phi) is 6.24. The summed E-state index contributed by atoms with van der Waals surface area (Å²) < 4.78 is 31.7. The first-order valence-electron chi connectivity index (χ1n) is 9.61. The molecule has 0 amide bonds. The summed E-state index contributed by atoms with van der Waals surface area (Å²) in [6.07, 6.45) is 3.36. The zero-order chi connectivity index (χ0) is 21.5. The fourth-order valence-electron chi connectivity index (χ4n) is 2.73. The lowest BCUT2D eigenvalue weighted by Crippen LogP contribution is -1.84. The van der Waals surface area contributed by atoms with Gasteiger partial charge in [0.15, 0.2) is 0 Å². The van der Waals surface area contributed by atoms with Gasteiger partial charge in [-0.05, 0) is 83.9 Å². The van der Waals surface area contributed by atoms with Gasteiger partial charge >= 0.3 is 0 Å². The number of ether oxygens (including phenoxy) is 1. The van der Waals surface area contributed by atoms with E-state index in [1.165, 1.54) is 24.3 Å². The number of aliphatic imine (C=N–C) groups is 2. The largest absolute Gasteiger partial charge is 0.457 e. The third-order valence-corrected chi connectivity index (χ3v) is 4.37. The molecule has 0 spiro atoms. The molecule has 0 aromatic heterocycles. The normalized spacial score (nSPS) is 11.3. The molecule has 31 heavy (non-hydrogen) atoms. The van der Waals surface area contributed by atoms with Crippen molar-refractivity contribution in [2.45, 2.75) is 0 Å². The first kappa shape index (κ1) is 20.2. The first-order valence-corrected chi connectivity index (χ1v) is 9.61. The second-order valence-corrected chi connectivity index (χ2v) is 6.71. The van der Waals surface area contributed by atoms with Crippen LogP contribution in [0.15, 0.2) is 107 Å². The molecule has 0 saturated heterocycles. The monoisotopic (exact) mass is 412 g/mol. The fourth-order valence-corrected chi connectivity index (χ4v) is 2.73. The smallest absolute Gasteiger partial charge is 0.127 e. The van der Waals surface area contributed by atoms with E-state index in [1.807, 2.05) is 48.5 Å². The summed E-state index contributed by atoms with van der Waals surface area (Å²) in [5.74, 6) is 0.823. The van der Waals surface area contributed by atoms with Gasteiger partial charge in [-0.1, -0.05) is 24.3 Å². The Morgan fingerprint density at radius 1 is 0.484 bits per heavy atom. The summed E-state index contributed by atoms with van der Waals surface area (Å²) in [4.78, 5) is 8.75. The highest BCUT2D eigenvalue weighted by Crippen LogP contribution is 2.26. The highest BCUT2D eigenvalue weighted by molar-refractivity contribution is 5.82. The molecule has 152 valence electrons. The third kappa shape index (κ3) is 5.93. The Bertz CT molecular complexity index is 1090. The minimum Gasteiger partial charge on any atom is -0.457 e. The molecule has 0 radical (unpaired) electrons. The van der Waals surface area contributed by atoms with Gasteiger partial charge in [-0.15, -0.1) is 0 Å². The standard InChI is InChI=1S/C26H18F2N2O/c27-21-5-1-19(2-6-21)17-29-23-9-13-25(14-10-23)31-26-15-11-24(12-16-26)30-18-20-3-7-22(28)8-4-20/h1-18H. The molecule has 4 aromatic carbocycles. The highest BCUT2D eigenvalue weighted by Gasteiger charge is 1.99. The average Bonchev–Trinajstić information content (AvgIpc) is 2.80. The van der Waals surface area contributed by atoms with Crippen molar-refractivity contribution in [2.75, 3.05) is 0 Å². The van der Waals surface area contributed by atoms with Crippen LogP contribution in [0.2, 0.25) is 0 Å². The lowest BCUT2D eigenvalue weighted by molar-refractivity contribution is 0.483. The number of nitrogens with zero attached hydrogens (tertiary/aromatic N) is 2. The Hall–Kier alpha value is -4.12. The highest BCUT2D eigenvalue weighted by atomic mass is 19.1. The maximum atomic E-state index is 12.9. The second-order valence-electron chi connectivity index (χ2n) is 6.71. The average molecular weight is 412 g/mol. The van der Waals surface area contributed by atoms with Gasteiger partial charge in [0.1, 0.15) is 23.1 Å². The van der Waals surface area contributed by atoms with Crippen molar-refractivity contribution < 1.29 is 13.5 Å². The van der Waals surface area contributed by atoms with E-state index in [0.29, 0.717) is 11.5 Å². The zero-order valence-corrected chi connectivity index (χ0v) is 16.5. The van der Waals surface area contributed by atoms with E-state index in [4.69, 9.17) is 4.74 Å². The molecule has 0 bridgehead atoms. The molecule has 0 N–H and O–H groups in total.